The second kappa shape index (κ2) is 8.24. The van der Waals surface area contributed by atoms with Gasteiger partial charge in [0.05, 0.1) is 11.1 Å². The fourth-order valence-electron chi connectivity index (χ4n) is 2.68. The highest BCUT2D eigenvalue weighted by Crippen LogP contribution is 2.19. The van der Waals surface area contributed by atoms with Crippen LogP contribution in [-0.4, -0.2) is 20.3 Å². The molecule has 0 bridgehead atoms. The molecule has 1 heterocycles. The van der Waals surface area contributed by atoms with Gasteiger partial charge in [-0.15, -0.1) is 0 Å². The lowest BCUT2D eigenvalue weighted by molar-refractivity contribution is -0.667. The molecule has 2 aromatic carbocycles. The van der Waals surface area contributed by atoms with Crippen LogP contribution in [0.2, 0.25) is 0 Å². The Morgan fingerprint density at radius 1 is 1.00 bits per heavy atom. The van der Waals surface area contributed by atoms with E-state index in [1.807, 2.05) is 32.4 Å². The average Bonchev–Trinajstić information content (AvgIpc) is 2.60. The van der Waals surface area contributed by atoms with Crippen LogP contribution in [0.3, 0.4) is 0 Å². The minimum atomic E-state index is 0. The summed E-state index contributed by atoms with van der Waals surface area (Å²) in [6.07, 6.45) is 4.08. The van der Waals surface area contributed by atoms with Gasteiger partial charge in [0.25, 0.3) is 0 Å². The maximum absolute atomic E-state index is 4.63. The Morgan fingerprint density at radius 3 is 2.38 bits per heavy atom. The molecule has 1 aromatic heterocycles. The normalized spacial score (nSPS) is 10.8. The molecule has 0 radical (unpaired) electrons. The second-order valence-electron chi connectivity index (χ2n) is 5.74. The summed E-state index contributed by atoms with van der Waals surface area (Å²) in [7, 11) is 4.08. The third-order valence-corrected chi connectivity index (χ3v) is 4.02. The lowest BCUT2D eigenvalue weighted by Gasteiger charge is -2.11. The molecule has 24 heavy (non-hydrogen) atoms. The molecule has 3 rings (SSSR count). The van der Waals surface area contributed by atoms with Crippen LogP contribution in [0.1, 0.15) is 12.5 Å². The van der Waals surface area contributed by atoms with Gasteiger partial charge < -0.3 is 28.9 Å². The van der Waals surface area contributed by atoms with Crippen molar-refractivity contribution < 1.29 is 28.5 Å². The van der Waals surface area contributed by atoms with Gasteiger partial charge in [-0.3, -0.25) is 4.99 Å². The fraction of sp³-hybridized carbons (Fsp3) is 0.200. The number of rotatable bonds is 4. The molecule has 0 aliphatic carbocycles. The van der Waals surface area contributed by atoms with Crippen molar-refractivity contribution in [3.05, 3.63) is 66.4 Å². The number of para-hydroxylation sites is 1. The molecule has 0 spiro atoms. The van der Waals surface area contributed by atoms with Crippen LogP contribution in [-0.2, 0) is 6.54 Å². The maximum atomic E-state index is 4.63. The average molecular weight is 431 g/mol. The van der Waals surface area contributed by atoms with Gasteiger partial charge in [-0.25, -0.2) is 0 Å². The molecular weight excluding hydrogens is 409 g/mol. The summed E-state index contributed by atoms with van der Waals surface area (Å²) in [5, 5.41) is 1.23. The van der Waals surface area contributed by atoms with E-state index in [9.17, 15) is 0 Å². The smallest absolute Gasteiger partial charge is 0.213 e. The van der Waals surface area contributed by atoms with E-state index in [1.165, 1.54) is 16.6 Å². The monoisotopic (exact) mass is 431 g/mol. The number of hydrogen-bond donors (Lipinski definition) is 0. The number of hydrogen-bond acceptors (Lipinski definition) is 2. The van der Waals surface area contributed by atoms with Gasteiger partial charge in [-0.05, 0) is 37.3 Å². The first kappa shape index (κ1) is 18.4. The zero-order chi connectivity index (χ0) is 16.2. The molecular formula is C20H22IN3. The van der Waals surface area contributed by atoms with Gasteiger partial charge in [0.1, 0.15) is 6.54 Å². The summed E-state index contributed by atoms with van der Waals surface area (Å²) in [6.45, 7) is 3.12. The molecule has 0 N–H and O–H groups in total. The number of anilines is 1. The number of aliphatic imine (C=N–C) groups is 1. The van der Waals surface area contributed by atoms with Crippen LogP contribution < -0.4 is 33.4 Å². The van der Waals surface area contributed by atoms with E-state index in [-0.39, 0.29) is 24.0 Å². The van der Waals surface area contributed by atoms with Crippen LogP contribution in [0.4, 0.5) is 11.4 Å². The van der Waals surface area contributed by atoms with E-state index in [2.05, 4.69) is 70.0 Å². The van der Waals surface area contributed by atoms with Crippen molar-refractivity contribution in [2.75, 3.05) is 19.0 Å². The van der Waals surface area contributed by atoms with Crippen LogP contribution in [0.25, 0.3) is 10.9 Å². The van der Waals surface area contributed by atoms with Crippen molar-refractivity contribution in [3.8, 4) is 0 Å². The topological polar surface area (TPSA) is 19.5 Å². The Balaban J connectivity index is 0.00000208. The van der Waals surface area contributed by atoms with Gasteiger partial charge in [0, 0.05) is 43.7 Å². The first-order chi connectivity index (χ1) is 11.2. The highest BCUT2D eigenvalue weighted by Gasteiger charge is 2.09. The SMILES string of the molecule is CC[n+]1ccc(C=Nc2ccc(N(C)C)cc2)c2ccccc21.[I-]. The van der Waals surface area contributed by atoms with E-state index < -0.39 is 0 Å². The molecule has 0 unspecified atom stereocenters. The van der Waals surface area contributed by atoms with E-state index in [0.29, 0.717) is 0 Å². The Hall–Kier alpha value is -1.95. The molecule has 0 aliphatic rings. The molecule has 0 saturated carbocycles. The number of aryl methyl sites for hydroxylation is 1. The van der Waals surface area contributed by atoms with Crippen molar-refractivity contribution in [3.63, 3.8) is 0 Å². The first-order valence-electron chi connectivity index (χ1n) is 7.91. The van der Waals surface area contributed by atoms with Gasteiger partial charge in [0.2, 0.25) is 5.52 Å². The molecule has 4 heteroatoms. The zero-order valence-electron chi connectivity index (χ0n) is 14.3. The van der Waals surface area contributed by atoms with Crippen molar-refractivity contribution >= 4 is 28.5 Å². The predicted octanol–water partition coefficient (Wildman–Crippen LogP) is 0.968. The number of benzene rings is 2. The molecule has 0 atom stereocenters. The molecule has 0 fully saturated rings. The van der Waals surface area contributed by atoms with Crippen LogP contribution in [0.15, 0.2) is 65.8 Å². The van der Waals surface area contributed by atoms with Crippen molar-refractivity contribution in [1.82, 2.24) is 0 Å². The van der Waals surface area contributed by atoms with Crippen molar-refractivity contribution in [2.45, 2.75) is 13.5 Å². The van der Waals surface area contributed by atoms with E-state index >= 15 is 0 Å². The second-order valence-corrected chi connectivity index (χ2v) is 5.74. The summed E-state index contributed by atoms with van der Waals surface area (Å²) in [6, 6.07) is 18.8. The van der Waals surface area contributed by atoms with Gasteiger partial charge in [-0.2, -0.15) is 4.57 Å². The van der Waals surface area contributed by atoms with Crippen LogP contribution >= 0.6 is 0 Å². The Bertz CT molecular complexity index is 839. The molecule has 0 aliphatic heterocycles. The number of halogens is 1. The fourth-order valence-corrected chi connectivity index (χ4v) is 2.68. The van der Waals surface area contributed by atoms with Gasteiger partial charge in [-0.1, -0.05) is 12.1 Å². The summed E-state index contributed by atoms with van der Waals surface area (Å²) in [5.74, 6) is 0. The third-order valence-electron chi connectivity index (χ3n) is 4.02. The van der Waals surface area contributed by atoms with E-state index in [4.69, 9.17) is 0 Å². The minimum absolute atomic E-state index is 0. The standard InChI is InChI=1S/C20H22N3.HI/c1-4-23-14-13-16(19-7-5-6-8-20(19)23)15-21-17-9-11-18(12-10-17)22(2)3;/h5-15H,4H2,1-3H3;1H/q+1;/p-1. The molecule has 0 saturated heterocycles. The minimum Gasteiger partial charge on any atom is -1.00 e. The zero-order valence-corrected chi connectivity index (χ0v) is 16.4. The van der Waals surface area contributed by atoms with Crippen LogP contribution in [0.5, 0.6) is 0 Å². The van der Waals surface area contributed by atoms with E-state index in [0.717, 1.165) is 17.8 Å². The number of nitrogens with zero attached hydrogens (tertiary/aromatic N) is 3. The maximum Gasteiger partial charge on any atom is 0.213 e. The summed E-state index contributed by atoms with van der Waals surface area (Å²) in [5.41, 5.74) is 4.52. The van der Waals surface area contributed by atoms with Crippen molar-refractivity contribution in [1.29, 1.82) is 0 Å². The number of pyridine rings is 1. The highest BCUT2D eigenvalue weighted by molar-refractivity contribution is 5.97. The quantitative estimate of drug-likeness (QED) is 0.343. The Kier molecular flexibility index (Phi) is 6.31. The summed E-state index contributed by atoms with van der Waals surface area (Å²) in [4.78, 5) is 6.71. The number of fused-ring (bicyclic) bond motifs is 1. The molecule has 0 amide bonds. The van der Waals surface area contributed by atoms with Gasteiger partial charge >= 0.3 is 0 Å². The Morgan fingerprint density at radius 2 is 1.71 bits per heavy atom. The Labute approximate surface area is 160 Å². The summed E-state index contributed by atoms with van der Waals surface area (Å²) >= 11 is 0. The molecule has 3 nitrogen and oxygen atoms in total. The van der Waals surface area contributed by atoms with Crippen LogP contribution in [0, 0.1) is 0 Å². The largest absolute Gasteiger partial charge is 1.00 e. The summed E-state index contributed by atoms with van der Waals surface area (Å²) < 4.78 is 2.25. The first-order valence-corrected chi connectivity index (χ1v) is 7.91. The van der Waals surface area contributed by atoms with Gasteiger partial charge in [0.15, 0.2) is 6.20 Å². The lowest BCUT2D eigenvalue weighted by atomic mass is 10.1. The lowest BCUT2D eigenvalue weighted by Crippen LogP contribution is -3.00. The third kappa shape index (κ3) is 3.93. The number of aromatic nitrogens is 1. The molecule has 3 aromatic rings. The highest BCUT2D eigenvalue weighted by atomic mass is 127. The predicted molar refractivity (Wildman–Crippen MR) is 97.8 cm³/mol. The van der Waals surface area contributed by atoms with E-state index in [1.54, 1.807) is 0 Å². The molecule has 124 valence electrons. The van der Waals surface area contributed by atoms with Crippen molar-refractivity contribution in [2.24, 2.45) is 4.99 Å².